The monoisotopic (exact) mass is 195 g/mol. The molecule has 0 aliphatic rings. The van der Waals surface area contributed by atoms with Crippen molar-refractivity contribution in [2.45, 2.75) is 19.5 Å². The number of nitrogens with one attached hydrogen (secondary N) is 1. The van der Waals surface area contributed by atoms with Gasteiger partial charge in [-0.3, -0.25) is 0 Å². The van der Waals surface area contributed by atoms with Crippen molar-refractivity contribution >= 4 is 11.6 Å². The van der Waals surface area contributed by atoms with E-state index < -0.39 is 0 Å². The van der Waals surface area contributed by atoms with Crippen molar-refractivity contribution in [3.05, 3.63) is 47.5 Å². The van der Waals surface area contributed by atoms with Gasteiger partial charge < -0.3 is 5.32 Å². The molecule has 0 spiro atoms. The van der Waals surface area contributed by atoms with Crippen LogP contribution >= 0.6 is 11.6 Å². The van der Waals surface area contributed by atoms with Crippen LogP contribution in [0.5, 0.6) is 0 Å². The van der Waals surface area contributed by atoms with E-state index in [0.717, 1.165) is 17.1 Å². The van der Waals surface area contributed by atoms with E-state index in [9.17, 15) is 0 Å². The van der Waals surface area contributed by atoms with Crippen molar-refractivity contribution in [2.24, 2.45) is 0 Å². The summed E-state index contributed by atoms with van der Waals surface area (Å²) in [6.45, 7) is 6.54. The molecule has 0 amide bonds. The first-order valence-electron chi connectivity index (χ1n) is 4.33. The van der Waals surface area contributed by atoms with Gasteiger partial charge in [0.1, 0.15) is 0 Å². The third-order valence-corrected chi connectivity index (χ3v) is 2.29. The molecule has 0 bridgehead atoms. The van der Waals surface area contributed by atoms with Gasteiger partial charge in [0.2, 0.25) is 0 Å². The van der Waals surface area contributed by atoms with Gasteiger partial charge in [-0.25, -0.2) is 0 Å². The Labute approximate surface area is 84.4 Å². The summed E-state index contributed by atoms with van der Waals surface area (Å²) < 4.78 is 0. The average molecular weight is 196 g/mol. The van der Waals surface area contributed by atoms with Crippen molar-refractivity contribution < 1.29 is 0 Å². The SMILES string of the molecule is C=CC(C)NCc1ccccc1Cl. The third kappa shape index (κ3) is 3.21. The lowest BCUT2D eigenvalue weighted by Gasteiger charge is -2.09. The van der Waals surface area contributed by atoms with Gasteiger partial charge in [-0.2, -0.15) is 0 Å². The van der Waals surface area contributed by atoms with E-state index in [1.54, 1.807) is 0 Å². The van der Waals surface area contributed by atoms with Crippen molar-refractivity contribution in [3.8, 4) is 0 Å². The average Bonchev–Trinajstić information content (AvgIpc) is 2.16. The highest BCUT2D eigenvalue weighted by molar-refractivity contribution is 6.31. The molecule has 0 saturated carbocycles. The van der Waals surface area contributed by atoms with Gasteiger partial charge in [0, 0.05) is 17.6 Å². The largest absolute Gasteiger partial charge is 0.307 e. The minimum atomic E-state index is 0.316. The molecule has 70 valence electrons. The lowest BCUT2D eigenvalue weighted by Crippen LogP contribution is -2.22. The fourth-order valence-electron chi connectivity index (χ4n) is 0.996. The Kier molecular flexibility index (Phi) is 4.00. The zero-order chi connectivity index (χ0) is 9.68. The van der Waals surface area contributed by atoms with Gasteiger partial charge in [0.05, 0.1) is 0 Å². The Hall–Kier alpha value is -0.790. The molecule has 0 aliphatic heterocycles. The van der Waals surface area contributed by atoms with E-state index in [4.69, 9.17) is 11.6 Å². The van der Waals surface area contributed by atoms with Crippen LogP contribution in [0.4, 0.5) is 0 Å². The molecule has 1 aromatic carbocycles. The molecule has 1 rings (SSSR count). The molecule has 0 heterocycles. The van der Waals surface area contributed by atoms with Crippen molar-refractivity contribution in [1.29, 1.82) is 0 Å². The van der Waals surface area contributed by atoms with Gasteiger partial charge in [0.25, 0.3) is 0 Å². The standard InChI is InChI=1S/C11H14ClN/c1-3-9(2)13-8-10-6-4-5-7-11(10)12/h3-7,9,13H,1,8H2,2H3. The van der Waals surface area contributed by atoms with E-state index in [2.05, 4.69) is 18.8 Å². The molecule has 0 fully saturated rings. The highest BCUT2D eigenvalue weighted by Gasteiger charge is 1.99. The van der Waals surface area contributed by atoms with Gasteiger partial charge in [-0.15, -0.1) is 6.58 Å². The summed E-state index contributed by atoms with van der Waals surface area (Å²) in [4.78, 5) is 0. The molecule has 2 heteroatoms. The number of halogens is 1. The fourth-order valence-corrected chi connectivity index (χ4v) is 1.20. The highest BCUT2D eigenvalue weighted by Crippen LogP contribution is 2.14. The van der Waals surface area contributed by atoms with Crippen LogP contribution in [0.15, 0.2) is 36.9 Å². The molecular formula is C11H14ClN. The van der Waals surface area contributed by atoms with Crippen LogP contribution in [-0.4, -0.2) is 6.04 Å². The maximum atomic E-state index is 5.99. The maximum Gasteiger partial charge on any atom is 0.0450 e. The zero-order valence-electron chi connectivity index (χ0n) is 7.76. The predicted molar refractivity (Wildman–Crippen MR) is 58.0 cm³/mol. The van der Waals surface area contributed by atoms with Crippen LogP contribution in [0.25, 0.3) is 0 Å². The number of hydrogen-bond acceptors (Lipinski definition) is 1. The Morgan fingerprint density at radius 1 is 1.54 bits per heavy atom. The molecular weight excluding hydrogens is 182 g/mol. The second-order valence-corrected chi connectivity index (χ2v) is 3.40. The summed E-state index contributed by atoms with van der Waals surface area (Å²) in [5.74, 6) is 0. The van der Waals surface area contributed by atoms with Crippen LogP contribution in [0.3, 0.4) is 0 Å². The lowest BCUT2D eigenvalue weighted by molar-refractivity contribution is 0.634. The molecule has 1 unspecified atom stereocenters. The molecule has 0 aliphatic carbocycles. The first-order chi connectivity index (χ1) is 6.24. The Bertz CT molecular complexity index is 283. The molecule has 0 aromatic heterocycles. The summed E-state index contributed by atoms with van der Waals surface area (Å²) >= 11 is 5.99. The lowest BCUT2D eigenvalue weighted by atomic mass is 10.2. The molecule has 1 atom stereocenters. The van der Waals surface area contributed by atoms with Crippen LogP contribution in [-0.2, 0) is 6.54 Å². The zero-order valence-corrected chi connectivity index (χ0v) is 8.51. The quantitative estimate of drug-likeness (QED) is 0.729. The van der Waals surface area contributed by atoms with Crippen LogP contribution in [0, 0.1) is 0 Å². The maximum absolute atomic E-state index is 5.99. The van der Waals surface area contributed by atoms with Gasteiger partial charge in [-0.05, 0) is 18.6 Å². The van der Waals surface area contributed by atoms with Gasteiger partial charge in [-0.1, -0.05) is 35.9 Å². The Morgan fingerprint density at radius 2 is 2.23 bits per heavy atom. The highest BCUT2D eigenvalue weighted by atomic mass is 35.5. The van der Waals surface area contributed by atoms with Crippen LogP contribution in [0.1, 0.15) is 12.5 Å². The summed E-state index contributed by atoms with van der Waals surface area (Å²) in [5.41, 5.74) is 1.12. The van der Waals surface area contributed by atoms with Gasteiger partial charge >= 0.3 is 0 Å². The summed E-state index contributed by atoms with van der Waals surface area (Å²) in [5, 5.41) is 4.10. The number of hydrogen-bond donors (Lipinski definition) is 1. The predicted octanol–water partition coefficient (Wildman–Crippen LogP) is 3.00. The Morgan fingerprint density at radius 3 is 2.85 bits per heavy atom. The summed E-state index contributed by atoms with van der Waals surface area (Å²) in [7, 11) is 0. The molecule has 1 N–H and O–H groups in total. The van der Waals surface area contributed by atoms with Crippen molar-refractivity contribution in [2.75, 3.05) is 0 Å². The number of benzene rings is 1. The normalized spacial score (nSPS) is 12.5. The van der Waals surface area contributed by atoms with Crippen molar-refractivity contribution in [1.82, 2.24) is 5.32 Å². The first-order valence-corrected chi connectivity index (χ1v) is 4.71. The van der Waals surface area contributed by atoms with E-state index in [1.165, 1.54) is 0 Å². The third-order valence-electron chi connectivity index (χ3n) is 1.93. The topological polar surface area (TPSA) is 12.0 Å². The molecule has 0 radical (unpaired) electrons. The fraction of sp³-hybridized carbons (Fsp3) is 0.273. The summed E-state index contributed by atoms with van der Waals surface area (Å²) in [6, 6.07) is 8.16. The second kappa shape index (κ2) is 5.05. The van der Waals surface area contributed by atoms with Crippen LogP contribution < -0.4 is 5.32 Å². The van der Waals surface area contributed by atoms with E-state index >= 15 is 0 Å². The minimum Gasteiger partial charge on any atom is -0.307 e. The molecule has 13 heavy (non-hydrogen) atoms. The molecule has 1 aromatic rings. The Balaban J connectivity index is 2.54. The van der Waals surface area contributed by atoms with E-state index in [-0.39, 0.29) is 0 Å². The van der Waals surface area contributed by atoms with Crippen LogP contribution in [0.2, 0.25) is 5.02 Å². The smallest absolute Gasteiger partial charge is 0.0450 e. The minimum absolute atomic E-state index is 0.316. The van der Waals surface area contributed by atoms with E-state index in [0.29, 0.717) is 6.04 Å². The summed E-state index contributed by atoms with van der Waals surface area (Å²) in [6.07, 6.45) is 1.87. The molecule has 1 nitrogen and oxygen atoms in total. The van der Waals surface area contributed by atoms with E-state index in [1.807, 2.05) is 30.3 Å². The van der Waals surface area contributed by atoms with Gasteiger partial charge in [0.15, 0.2) is 0 Å². The number of rotatable bonds is 4. The first kappa shape index (κ1) is 10.3. The molecule has 0 saturated heterocycles. The van der Waals surface area contributed by atoms with Crippen molar-refractivity contribution in [3.63, 3.8) is 0 Å². The second-order valence-electron chi connectivity index (χ2n) is 3.00.